The third kappa shape index (κ3) is 7.15. The van der Waals surface area contributed by atoms with Crippen LogP contribution in [0, 0.1) is 11.8 Å². The lowest BCUT2D eigenvalue weighted by Crippen LogP contribution is -2.40. The first-order chi connectivity index (χ1) is 13.2. The molecule has 1 saturated heterocycles. The largest absolute Gasteiger partial charge is 0.382 e. The fourth-order valence-corrected chi connectivity index (χ4v) is 3.57. The van der Waals surface area contributed by atoms with Crippen LogP contribution >= 0.6 is 0 Å². The van der Waals surface area contributed by atoms with Gasteiger partial charge in [0.25, 0.3) is 0 Å². The average Bonchev–Trinajstić information content (AvgIpc) is 3.14. The van der Waals surface area contributed by atoms with Crippen LogP contribution in [0.15, 0.2) is 35.3 Å². The highest BCUT2D eigenvalue weighted by Crippen LogP contribution is 2.25. The molecule has 0 aromatic heterocycles. The lowest BCUT2D eigenvalue weighted by molar-refractivity contribution is 0.0536. The fourth-order valence-electron chi connectivity index (χ4n) is 3.57. The Labute approximate surface area is 165 Å². The number of nitrogens with one attached hydrogen (secondary N) is 1. The van der Waals surface area contributed by atoms with Gasteiger partial charge in [0.1, 0.15) is 0 Å². The molecule has 1 fully saturated rings. The van der Waals surface area contributed by atoms with Gasteiger partial charge in [-0.1, -0.05) is 44.2 Å². The van der Waals surface area contributed by atoms with Crippen LogP contribution in [0.1, 0.15) is 38.7 Å². The number of likely N-dealkylation sites (tertiary alicyclic amines) is 1. The molecular formula is C22H37N3O2. The molecule has 0 radical (unpaired) electrons. The quantitative estimate of drug-likeness (QED) is 0.387. The van der Waals surface area contributed by atoms with E-state index in [2.05, 4.69) is 61.3 Å². The van der Waals surface area contributed by atoms with Crippen LogP contribution in [-0.2, 0) is 9.47 Å². The molecule has 5 heteroatoms. The van der Waals surface area contributed by atoms with E-state index in [0.29, 0.717) is 31.0 Å². The summed E-state index contributed by atoms with van der Waals surface area (Å²) in [6, 6.07) is 10.8. The zero-order valence-electron chi connectivity index (χ0n) is 17.5. The minimum atomic E-state index is 0.440. The number of nitrogens with zero attached hydrogens (tertiary/aromatic N) is 2. The van der Waals surface area contributed by atoms with Crippen molar-refractivity contribution in [3.63, 3.8) is 0 Å². The molecule has 5 nitrogen and oxygen atoms in total. The molecule has 1 N–H and O–H groups in total. The Kier molecular flexibility index (Phi) is 9.64. The van der Waals surface area contributed by atoms with Crippen molar-refractivity contribution in [2.45, 2.75) is 33.1 Å². The maximum Gasteiger partial charge on any atom is 0.193 e. The normalized spacial score (nSPS) is 18.9. The van der Waals surface area contributed by atoms with Crippen molar-refractivity contribution in [3.8, 4) is 0 Å². The Morgan fingerprint density at radius 2 is 2.04 bits per heavy atom. The number of hydrogen-bond acceptors (Lipinski definition) is 3. The third-order valence-electron chi connectivity index (χ3n) is 5.18. The molecule has 2 atom stereocenters. The minimum absolute atomic E-state index is 0.440. The summed E-state index contributed by atoms with van der Waals surface area (Å²) in [5, 5.41) is 3.48. The van der Waals surface area contributed by atoms with Crippen molar-refractivity contribution in [1.82, 2.24) is 10.2 Å². The summed E-state index contributed by atoms with van der Waals surface area (Å²) in [5.41, 5.74) is 1.37. The molecule has 1 aliphatic rings. The summed E-state index contributed by atoms with van der Waals surface area (Å²) >= 11 is 0. The van der Waals surface area contributed by atoms with Gasteiger partial charge in [0, 0.05) is 45.1 Å². The van der Waals surface area contributed by atoms with Crippen LogP contribution in [0.3, 0.4) is 0 Å². The molecule has 152 valence electrons. The predicted octanol–water partition coefficient (Wildman–Crippen LogP) is 3.38. The summed E-state index contributed by atoms with van der Waals surface area (Å²) in [7, 11) is 1.71. The van der Waals surface area contributed by atoms with E-state index in [9.17, 15) is 0 Å². The van der Waals surface area contributed by atoms with Gasteiger partial charge in [-0.3, -0.25) is 4.99 Å². The monoisotopic (exact) mass is 375 g/mol. The summed E-state index contributed by atoms with van der Waals surface area (Å²) in [6.07, 6.45) is 1.16. The number of hydrogen-bond donors (Lipinski definition) is 1. The van der Waals surface area contributed by atoms with E-state index in [1.165, 1.54) is 5.56 Å². The highest BCUT2D eigenvalue weighted by molar-refractivity contribution is 5.80. The Bertz CT molecular complexity index is 548. The SMILES string of the molecule is CCNC(=NCC(c1ccccc1)C(C)C)N1CCC(COCCOC)C1. The van der Waals surface area contributed by atoms with Gasteiger partial charge in [-0.05, 0) is 24.8 Å². The zero-order valence-corrected chi connectivity index (χ0v) is 17.5. The smallest absolute Gasteiger partial charge is 0.193 e. The van der Waals surface area contributed by atoms with Crippen LogP contribution in [0.2, 0.25) is 0 Å². The van der Waals surface area contributed by atoms with Crippen molar-refractivity contribution in [3.05, 3.63) is 35.9 Å². The van der Waals surface area contributed by atoms with Crippen LogP contribution in [0.5, 0.6) is 0 Å². The Hall–Kier alpha value is -1.59. The summed E-state index contributed by atoms with van der Waals surface area (Å²) < 4.78 is 10.8. The van der Waals surface area contributed by atoms with E-state index >= 15 is 0 Å². The maximum atomic E-state index is 5.72. The molecule has 0 amide bonds. The zero-order chi connectivity index (χ0) is 19.5. The van der Waals surface area contributed by atoms with Crippen molar-refractivity contribution in [2.24, 2.45) is 16.8 Å². The molecule has 2 unspecified atom stereocenters. The molecule has 2 rings (SSSR count). The van der Waals surface area contributed by atoms with Crippen LogP contribution in [0.4, 0.5) is 0 Å². The number of aliphatic imine (C=N–C) groups is 1. The standard InChI is InChI=1S/C22H37N3O2/c1-5-23-22(25-12-11-19(16-25)17-27-14-13-26-4)24-15-21(18(2)3)20-9-7-6-8-10-20/h6-10,18-19,21H,5,11-17H2,1-4H3,(H,23,24). The molecule has 0 aliphatic carbocycles. The van der Waals surface area contributed by atoms with Gasteiger partial charge in [-0.15, -0.1) is 0 Å². The summed E-state index contributed by atoms with van der Waals surface area (Å²) in [6.45, 7) is 12.6. The van der Waals surface area contributed by atoms with Crippen molar-refractivity contribution in [1.29, 1.82) is 0 Å². The number of ether oxygens (including phenoxy) is 2. The van der Waals surface area contributed by atoms with E-state index in [1.54, 1.807) is 7.11 Å². The van der Waals surface area contributed by atoms with Crippen molar-refractivity contribution >= 4 is 5.96 Å². The van der Waals surface area contributed by atoms with E-state index < -0.39 is 0 Å². The highest BCUT2D eigenvalue weighted by Gasteiger charge is 2.25. The van der Waals surface area contributed by atoms with Gasteiger partial charge in [-0.2, -0.15) is 0 Å². The molecule has 0 spiro atoms. The van der Waals surface area contributed by atoms with Gasteiger partial charge in [0.05, 0.1) is 19.8 Å². The molecule has 1 aliphatic heterocycles. The molecule has 1 aromatic carbocycles. The Morgan fingerprint density at radius 1 is 1.26 bits per heavy atom. The molecule has 1 aromatic rings. The van der Waals surface area contributed by atoms with Crippen LogP contribution < -0.4 is 5.32 Å². The van der Waals surface area contributed by atoms with Crippen molar-refractivity contribution < 1.29 is 9.47 Å². The van der Waals surface area contributed by atoms with Crippen LogP contribution in [-0.4, -0.2) is 64.0 Å². The first-order valence-corrected chi connectivity index (χ1v) is 10.3. The lowest BCUT2D eigenvalue weighted by atomic mass is 9.88. The average molecular weight is 376 g/mol. The van der Waals surface area contributed by atoms with Gasteiger partial charge in [-0.25, -0.2) is 0 Å². The van der Waals surface area contributed by atoms with Crippen molar-refractivity contribution in [2.75, 3.05) is 53.1 Å². The van der Waals surface area contributed by atoms with E-state index in [4.69, 9.17) is 14.5 Å². The topological polar surface area (TPSA) is 46.1 Å². The number of guanidine groups is 1. The second kappa shape index (κ2) is 12.0. The molecule has 1 heterocycles. The fraction of sp³-hybridized carbons (Fsp3) is 0.682. The first kappa shape index (κ1) is 21.7. The number of methoxy groups -OCH3 is 1. The third-order valence-corrected chi connectivity index (χ3v) is 5.18. The Morgan fingerprint density at radius 3 is 2.70 bits per heavy atom. The number of benzene rings is 1. The Balaban J connectivity index is 1.95. The van der Waals surface area contributed by atoms with E-state index in [0.717, 1.165) is 45.2 Å². The summed E-state index contributed by atoms with van der Waals surface area (Å²) in [5.74, 6) is 2.61. The summed E-state index contributed by atoms with van der Waals surface area (Å²) in [4.78, 5) is 7.39. The predicted molar refractivity (Wildman–Crippen MR) is 112 cm³/mol. The second-order valence-corrected chi connectivity index (χ2v) is 7.62. The first-order valence-electron chi connectivity index (χ1n) is 10.3. The molecular weight excluding hydrogens is 338 g/mol. The van der Waals surface area contributed by atoms with Crippen LogP contribution in [0.25, 0.3) is 0 Å². The van der Waals surface area contributed by atoms with Gasteiger partial charge >= 0.3 is 0 Å². The van der Waals surface area contributed by atoms with Gasteiger partial charge < -0.3 is 19.7 Å². The van der Waals surface area contributed by atoms with Gasteiger partial charge in [0.2, 0.25) is 0 Å². The highest BCUT2D eigenvalue weighted by atomic mass is 16.5. The minimum Gasteiger partial charge on any atom is -0.382 e. The molecule has 27 heavy (non-hydrogen) atoms. The van der Waals surface area contributed by atoms with E-state index in [1.807, 2.05) is 0 Å². The second-order valence-electron chi connectivity index (χ2n) is 7.62. The van der Waals surface area contributed by atoms with Gasteiger partial charge in [0.15, 0.2) is 5.96 Å². The maximum absolute atomic E-state index is 5.72. The molecule has 0 saturated carbocycles. The number of rotatable bonds is 10. The van der Waals surface area contributed by atoms with E-state index in [-0.39, 0.29) is 0 Å². The lowest BCUT2D eigenvalue weighted by Gasteiger charge is -2.24. The molecule has 0 bridgehead atoms.